The zero-order valence-corrected chi connectivity index (χ0v) is 23.5. The van der Waals surface area contributed by atoms with E-state index in [0.29, 0.717) is 62.9 Å². The molecule has 4 aromatic rings. The Balaban J connectivity index is 0.000000401. The Kier molecular flexibility index (Phi) is 14.2. The lowest BCUT2D eigenvalue weighted by Gasteiger charge is -2.14. The standard InChI is InChI=1S/C13H14ClN3O3.C13H15N3O4.2CH4/c1-18-9-6-8(7-10(19-2)12(9)20-3)16-13-15-5-4-11(14)17-13;1-18-9-6-8(7-10(19-2)12(9)20-3)15-13-14-5-4-11(17)16-13;;/h4-7H,1-3H3,(H,15,16,17);4-7H,1-3H3,(H2,14,15,16,17);2*1H4. The first kappa shape index (κ1) is 35.1. The van der Waals surface area contributed by atoms with E-state index in [9.17, 15) is 4.79 Å². The van der Waals surface area contributed by atoms with E-state index in [1.165, 1.54) is 33.6 Å². The second-order valence-electron chi connectivity index (χ2n) is 7.56. The van der Waals surface area contributed by atoms with E-state index in [0.717, 1.165) is 0 Å². The topological polar surface area (TPSA) is 151 Å². The molecule has 0 radical (unpaired) electrons. The maximum absolute atomic E-state index is 11.2. The smallest absolute Gasteiger partial charge is 0.252 e. The third kappa shape index (κ3) is 9.06. The fraction of sp³-hybridized carbons (Fsp3) is 0.286. The molecule has 0 spiro atoms. The van der Waals surface area contributed by atoms with Crippen molar-refractivity contribution in [3.8, 4) is 34.5 Å². The third-order valence-corrected chi connectivity index (χ3v) is 5.35. The first-order valence-corrected chi connectivity index (χ1v) is 11.9. The van der Waals surface area contributed by atoms with Gasteiger partial charge in [-0.2, -0.15) is 0 Å². The largest absolute Gasteiger partial charge is 0.493 e. The first-order valence-electron chi connectivity index (χ1n) is 11.5. The number of rotatable bonds is 10. The summed E-state index contributed by atoms with van der Waals surface area (Å²) in [5.41, 5.74) is 1.10. The van der Waals surface area contributed by atoms with Crippen molar-refractivity contribution >= 4 is 34.9 Å². The average Bonchev–Trinajstić information content (AvgIpc) is 2.96. The first-order chi connectivity index (χ1) is 19.3. The number of anilines is 4. The molecule has 2 heterocycles. The third-order valence-electron chi connectivity index (χ3n) is 5.14. The van der Waals surface area contributed by atoms with Crippen LogP contribution < -0.4 is 44.6 Å². The number of aromatic nitrogens is 4. The molecule has 0 aliphatic rings. The minimum Gasteiger partial charge on any atom is -0.493 e. The molecule has 0 fully saturated rings. The number of methoxy groups -OCH3 is 6. The maximum atomic E-state index is 11.2. The summed E-state index contributed by atoms with van der Waals surface area (Å²) in [5.74, 6) is 3.81. The number of nitrogens with zero attached hydrogens (tertiary/aromatic N) is 3. The summed E-state index contributed by atoms with van der Waals surface area (Å²) in [7, 11) is 9.25. The van der Waals surface area contributed by atoms with Gasteiger partial charge in [-0.3, -0.25) is 9.78 Å². The molecule has 228 valence electrons. The fourth-order valence-electron chi connectivity index (χ4n) is 3.40. The number of hydrogen-bond donors (Lipinski definition) is 3. The molecule has 0 saturated carbocycles. The Hall–Kier alpha value is -4.91. The van der Waals surface area contributed by atoms with Crippen molar-refractivity contribution < 1.29 is 28.4 Å². The Morgan fingerprint density at radius 1 is 0.667 bits per heavy atom. The van der Waals surface area contributed by atoms with Gasteiger partial charge >= 0.3 is 0 Å². The van der Waals surface area contributed by atoms with Gasteiger partial charge in [0.05, 0.1) is 42.7 Å². The fourth-order valence-corrected chi connectivity index (χ4v) is 3.54. The summed E-state index contributed by atoms with van der Waals surface area (Å²) < 4.78 is 31.5. The van der Waals surface area contributed by atoms with Gasteiger partial charge in [-0.05, 0) is 6.07 Å². The van der Waals surface area contributed by atoms with E-state index < -0.39 is 0 Å². The average molecular weight is 605 g/mol. The van der Waals surface area contributed by atoms with Gasteiger partial charge in [0.1, 0.15) is 5.15 Å². The van der Waals surface area contributed by atoms with Crippen molar-refractivity contribution in [1.82, 2.24) is 19.9 Å². The number of H-pyrrole nitrogens is 1. The lowest BCUT2D eigenvalue weighted by molar-refractivity contribution is 0.324. The van der Waals surface area contributed by atoms with Crippen molar-refractivity contribution in [2.45, 2.75) is 14.9 Å². The summed E-state index contributed by atoms with van der Waals surface area (Å²) in [4.78, 5) is 25.9. The van der Waals surface area contributed by atoms with Gasteiger partial charge in [-0.15, -0.1) is 0 Å². The van der Waals surface area contributed by atoms with E-state index in [-0.39, 0.29) is 20.4 Å². The molecule has 0 atom stereocenters. The van der Waals surface area contributed by atoms with Crippen LogP contribution in [-0.4, -0.2) is 62.6 Å². The van der Waals surface area contributed by atoms with Gasteiger partial charge in [-0.1, -0.05) is 26.5 Å². The number of nitrogens with one attached hydrogen (secondary N) is 3. The predicted octanol–water partition coefficient (Wildman–Crippen LogP) is 5.71. The second-order valence-corrected chi connectivity index (χ2v) is 7.95. The molecular formula is C28H37ClN6O7. The van der Waals surface area contributed by atoms with Crippen LogP contribution >= 0.6 is 11.6 Å². The highest BCUT2D eigenvalue weighted by Gasteiger charge is 2.15. The summed E-state index contributed by atoms with van der Waals surface area (Å²) in [6, 6.07) is 9.88. The lowest BCUT2D eigenvalue weighted by atomic mass is 10.2. The highest BCUT2D eigenvalue weighted by atomic mass is 35.5. The van der Waals surface area contributed by atoms with Crippen molar-refractivity contribution in [2.24, 2.45) is 0 Å². The molecule has 0 aliphatic carbocycles. The highest BCUT2D eigenvalue weighted by molar-refractivity contribution is 6.29. The van der Waals surface area contributed by atoms with Crippen LogP contribution in [0.4, 0.5) is 23.3 Å². The molecule has 2 aromatic heterocycles. The zero-order valence-electron chi connectivity index (χ0n) is 22.7. The SMILES string of the molecule is C.C.COc1cc(Nc2nccc(=O)[nH]2)cc(OC)c1OC.COc1cc(Nc2nccc(Cl)n2)cc(OC)c1OC. The van der Waals surface area contributed by atoms with E-state index in [2.05, 4.69) is 30.6 Å². The van der Waals surface area contributed by atoms with Crippen LogP contribution in [0.1, 0.15) is 14.9 Å². The molecule has 42 heavy (non-hydrogen) atoms. The molecule has 2 aromatic carbocycles. The minimum absolute atomic E-state index is 0. The zero-order chi connectivity index (χ0) is 29.1. The molecular weight excluding hydrogens is 568 g/mol. The number of aromatic amines is 1. The summed E-state index contributed by atoms with van der Waals surface area (Å²) in [6.45, 7) is 0. The monoisotopic (exact) mass is 604 g/mol. The van der Waals surface area contributed by atoms with Crippen LogP contribution in [0.25, 0.3) is 0 Å². The molecule has 3 N–H and O–H groups in total. The van der Waals surface area contributed by atoms with Crippen LogP contribution in [0, 0.1) is 0 Å². The lowest BCUT2D eigenvalue weighted by Crippen LogP contribution is -2.08. The number of benzene rings is 2. The van der Waals surface area contributed by atoms with Crippen LogP contribution in [0.2, 0.25) is 5.15 Å². The summed E-state index contributed by atoms with van der Waals surface area (Å²) in [6.07, 6.45) is 2.98. The molecule has 0 aliphatic heterocycles. The molecule has 0 bridgehead atoms. The van der Waals surface area contributed by atoms with Crippen molar-refractivity contribution in [3.05, 3.63) is 64.3 Å². The second kappa shape index (κ2) is 17.0. The Morgan fingerprint density at radius 2 is 1.12 bits per heavy atom. The van der Waals surface area contributed by atoms with Gasteiger partial charge in [0.25, 0.3) is 5.56 Å². The van der Waals surface area contributed by atoms with Crippen LogP contribution in [0.15, 0.2) is 53.6 Å². The van der Waals surface area contributed by atoms with Crippen LogP contribution in [-0.2, 0) is 0 Å². The van der Waals surface area contributed by atoms with Crippen LogP contribution in [0.5, 0.6) is 34.5 Å². The summed E-state index contributed by atoms with van der Waals surface area (Å²) >= 11 is 5.82. The molecule has 13 nitrogen and oxygen atoms in total. The Morgan fingerprint density at radius 3 is 1.52 bits per heavy atom. The molecule has 4 rings (SSSR count). The van der Waals surface area contributed by atoms with E-state index in [1.807, 2.05) is 0 Å². The normalized spacial score (nSPS) is 9.50. The Labute approximate surface area is 250 Å². The highest BCUT2D eigenvalue weighted by Crippen LogP contribution is 2.41. The molecule has 0 saturated heterocycles. The number of ether oxygens (including phenoxy) is 6. The van der Waals surface area contributed by atoms with E-state index in [1.54, 1.807) is 57.9 Å². The molecule has 0 amide bonds. The van der Waals surface area contributed by atoms with Crippen molar-refractivity contribution in [2.75, 3.05) is 53.3 Å². The van der Waals surface area contributed by atoms with E-state index >= 15 is 0 Å². The predicted molar refractivity (Wildman–Crippen MR) is 164 cm³/mol. The molecule has 14 heteroatoms. The maximum Gasteiger partial charge on any atom is 0.252 e. The van der Waals surface area contributed by atoms with Gasteiger partial charge < -0.3 is 39.1 Å². The van der Waals surface area contributed by atoms with E-state index in [4.69, 9.17) is 40.0 Å². The van der Waals surface area contributed by atoms with Gasteiger partial charge in [0, 0.05) is 54.1 Å². The quantitative estimate of drug-likeness (QED) is 0.190. The Bertz CT molecular complexity index is 1440. The van der Waals surface area contributed by atoms with Gasteiger partial charge in [-0.25, -0.2) is 15.0 Å². The minimum atomic E-state index is -0.241. The number of halogens is 1. The number of hydrogen-bond acceptors (Lipinski definition) is 12. The molecule has 0 unspecified atom stereocenters. The van der Waals surface area contributed by atoms with Gasteiger partial charge in [0.15, 0.2) is 23.0 Å². The van der Waals surface area contributed by atoms with Gasteiger partial charge in [0.2, 0.25) is 23.4 Å². The van der Waals surface area contributed by atoms with Crippen LogP contribution in [0.3, 0.4) is 0 Å². The summed E-state index contributed by atoms with van der Waals surface area (Å²) in [5, 5.41) is 6.34. The van der Waals surface area contributed by atoms with Crippen molar-refractivity contribution in [3.63, 3.8) is 0 Å². The van der Waals surface area contributed by atoms with Crippen molar-refractivity contribution in [1.29, 1.82) is 0 Å².